The molecule has 7 heteroatoms. The molecule has 6 nitrogen and oxygen atoms in total. The van der Waals surface area contributed by atoms with Gasteiger partial charge < -0.3 is 10.1 Å². The summed E-state index contributed by atoms with van der Waals surface area (Å²) in [6.45, 7) is 0. The summed E-state index contributed by atoms with van der Waals surface area (Å²) in [6.07, 6.45) is 0. The lowest BCUT2D eigenvalue weighted by molar-refractivity contribution is 0.101. The quantitative estimate of drug-likeness (QED) is 0.407. The Kier molecular flexibility index (Phi) is 5.03. The molecule has 5 rings (SSSR count). The summed E-state index contributed by atoms with van der Waals surface area (Å²) >= 11 is 0. The highest BCUT2D eigenvalue weighted by Gasteiger charge is 2.35. The number of carbonyl (C=O) groups excluding carboxylic acids is 2. The van der Waals surface area contributed by atoms with Crippen LogP contribution in [0.2, 0.25) is 0 Å². The van der Waals surface area contributed by atoms with E-state index in [9.17, 15) is 18.0 Å². The van der Waals surface area contributed by atoms with Crippen LogP contribution in [0, 0.1) is 0 Å². The molecule has 0 radical (unpaired) electrons. The standard InChI is InChI=1S/C26H17NO5S/c28-25-19-10-4-7-13-23(19)33(30,31)24-16-17(14-15-20(24)25)26(29)27-21-11-5-6-12-22(21)32-18-8-2-1-3-9-18/h1-16H,(H,27,29). The van der Waals surface area contributed by atoms with Gasteiger partial charge in [-0.05, 0) is 54.6 Å². The topological polar surface area (TPSA) is 89.5 Å². The molecule has 0 bridgehead atoms. The molecule has 1 aliphatic rings. The number of hydrogen-bond donors (Lipinski definition) is 1. The molecule has 1 N–H and O–H groups in total. The van der Waals surface area contributed by atoms with Crippen molar-refractivity contribution in [2.45, 2.75) is 9.79 Å². The number of ether oxygens (including phenoxy) is 1. The van der Waals surface area contributed by atoms with Crippen LogP contribution in [0.4, 0.5) is 5.69 Å². The Balaban J connectivity index is 1.48. The van der Waals surface area contributed by atoms with Gasteiger partial charge >= 0.3 is 0 Å². The number of amides is 1. The van der Waals surface area contributed by atoms with E-state index in [-0.39, 0.29) is 32.3 Å². The van der Waals surface area contributed by atoms with Crippen LogP contribution in [0.25, 0.3) is 0 Å². The van der Waals surface area contributed by atoms with Gasteiger partial charge in [-0.1, -0.05) is 42.5 Å². The number of benzene rings is 4. The molecule has 0 spiro atoms. The van der Waals surface area contributed by atoms with Gasteiger partial charge in [0.25, 0.3) is 5.91 Å². The van der Waals surface area contributed by atoms with Crippen LogP contribution in [0.3, 0.4) is 0 Å². The van der Waals surface area contributed by atoms with Gasteiger partial charge in [-0.15, -0.1) is 0 Å². The summed E-state index contributed by atoms with van der Waals surface area (Å²) in [5, 5.41) is 2.77. The van der Waals surface area contributed by atoms with E-state index in [4.69, 9.17) is 4.74 Å². The predicted molar refractivity (Wildman–Crippen MR) is 123 cm³/mol. The minimum atomic E-state index is -3.94. The fourth-order valence-electron chi connectivity index (χ4n) is 3.69. The number of rotatable bonds is 4. The largest absolute Gasteiger partial charge is 0.455 e. The van der Waals surface area contributed by atoms with E-state index in [1.54, 1.807) is 48.5 Å². The van der Waals surface area contributed by atoms with Gasteiger partial charge in [0.2, 0.25) is 9.84 Å². The van der Waals surface area contributed by atoms with E-state index in [2.05, 4.69) is 5.32 Å². The number of anilines is 1. The molecule has 4 aromatic rings. The summed E-state index contributed by atoms with van der Waals surface area (Å²) < 4.78 is 32.1. The van der Waals surface area contributed by atoms with Crippen molar-refractivity contribution >= 4 is 27.2 Å². The Morgan fingerprint density at radius 1 is 0.727 bits per heavy atom. The molecule has 0 fully saturated rings. The van der Waals surface area contributed by atoms with E-state index in [0.717, 1.165) is 0 Å². The van der Waals surface area contributed by atoms with Crippen molar-refractivity contribution in [3.8, 4) is 11.5 Å². The van der Waals surface area contributed by atoms with Gasteiger partial charge in [-0.25, -0.2) is 8.42 Å². The first-order valence-electron chi connectivity index (χ1n) is 10.1. The van der Waals surface area contributed by atoms with E-state index < -0.39 is 15.7 Å². The molecule has 4 aromatic carbocycles. The zero-order valence-corrected chi connectivity index (χ0v) is 18.0. The normalized spacial score (nSPS) is 13.5. The van der Waals surface area contributed by atoms with Crippen molar-refractivity contribution in [2.75, 3.05) is 5.32 Å². The molecule has 1 amide bonds. The Morgan fingerprint density at radius 2 is 1.39 bits per heavy atom. The second-order valence-corrected chi connectivity index (χ2v) is 9.29. The van der Waals surface area contributed by atoms with Gasteiger partial charge in [0, 0.05) is 16.7 Å². The number of sulfone groups is 1. The van der Waals surface area contributed by atoms with Crippen LogP contribution in [-0.2, 0) is 9.84 Å². The summed E-state index contributed by atoms with van der Waals surface area (Å²) in [5.74, 6) is 0.135. The van der Waals surface area contributed by atoms with Gasteiger partial charge in [-0.2, -0.15) is 0 Å². The minimum Gasteiger partial charge on any atom is -0.455 e. The minimum absolute atomic E-state index is 0.0538. The van der Waals surface area contributed by atoms with Crippen molar-refractivity contribution in [1.82, 2.24) is 0 Å². The van der Waals surface area contributed by atoms with Gasteiger partial charge in [0.05, 0.1) is 15.5 Å². The SMILES string of the molecule is O=C(Nc1ccccc1Oc1ccccc1)c1ccc2c(c1)S(=O)(=O)c1ccccc1C2=O. The van der Waals surface area contributed by atoms with Crippen LogP contribution in [-0.4, -0.2) is 20.1 Å². The monoisotopic (exact) mass is 455 g/mol. The average Bonchev–Trinajstić information content (AvgIpc) is 2.84. The molecule has 0 saturated carbocycles. The van der Waals surface area contributed by atoms with Gasteiger partial charge in [0.1, 0.15) is 5.75 Å². The van der Waals surface area contributed by atoms with Crippen molar-refractivity contribution < 1.29 is 22.7 Å². The van der Waals surface area contributed by atoms with Crippen LogP contribution >= 0.6 is 0 Å². The molecule has 1 heterocycles. The van der Waals surface area contributed by atoms with Gasteiger partial charge in [-0.3, -0.25) is 9.59 Å². The summed E-state index contributed by atoms with van der Waals surface area (Å²) in [6, 6.07) is 26.2. The van der Waals surface area contributed by atoms with Crippen molar-refractivity contribution in [3.63, 3.8) is 0 Å². The fraction of sp³-hybridized carbons (Fsp3) is 0. The van der Waals surface area contributed by atoms with Crippen LogP contribution in [0.1, 0.15) is 26.3 Å². The Hall–Kier alpha value is -4.23. The highest BCUT2D eigenvalue weighted by Crippen LogP contribution is 2.35. The van der Waals surface area contributed by atoms with Crippen molar-refractivity contribution in [3.05, 3.63) is 114 Å². The summed E-state index contributed by atoms with van der Waals surface area (Å²) in [7, 11) is -3.94. The second-order valence-electron chi connectivity index (χ2n) is 7.41. The average molecular weight is 455 g/mol. The molecular formula is C26H17NO5S. The first-order valence-corrected chi connectivity index (χ1v) is 11.6. The van der Waals surface area contributed by atoms with Crippen LogP contribution in [0.5, 0.6) is 11.5 Å². The number of ketones is 1. The molecule has 0 aliphatic carbocycles. The summed E-state index contributed by atoms with van der Waals surface area (Å²) in [4.78, 5) is 25.6. The zero-order chi connectivity index (χ0) is 23.0. The zero-order valence-electron chi connectivity index (χ0n) is 17.2. The van der Waals surface area contributed by atoms with Gasteiger partial charge in [0.15, 0.2) is 11.5 Å². The molecular weight excluding hydrogens is 438 g/mol. The van der Waals surface area contributed by atoms with E-state index in [1.165, 1.54) is 30.3 Å². The lowest BCUT2D eigenvalue weighted by Crippen LogP contribution is -2.21. The maximum atomic E-state index is 13.1. The Morgan fingerprint density at radius 3 is 2.21 bits per heavy atom. The van der Waals surface area contributed by atoms with Crippen LogP contribution in [0.15, 0.2) is 107 Å². The Labute approximate surface area is 190 Å². The number of carbonyl (C=O) groups is 2. The van der Waals surface area contributed by atoms with Crippen molar-refractivity contribution in [2.24, 2.45) is 0 Å². The molecule has 0 atom stereocenters. The third-order valence-electron chi connectivity index (χ3n) is 5.31. The first kappa shape index (κ1) is 20.7. The first-order chi connectivity index (χ1) is 15.9. The number of hydrogen-bond acceptors (Lipinski definition) is 5. The molecule has 1 aliphatic heterocycles. The van der Waals surface area contributed by atoms with Crippen molar-refractivity contribution in [1.29, 1.82) is 0 Å². The molecule has 0 aromatic heterocycles. The van der Waals surface area contributed by atoms with Crippen LogP contribution < -0.4 is 10.1 Å². The molecule has 0 unspecified atom stereocenters. The van der Waals surface area contributed by atoms with E-state index >= 15 is 0 Å². The third-order valence-corrected chi connectivity index (χ3v) is 7.16. The summed E-state index contributed by atoms with van der Waals surface area (Å²) in [5.41, 5.74) is 0.722. The maximum absolute atomic E-state index is 13.1. The molecule has 0 saturated heterocycles. The predicted octanol–water partition coefficient (Wildman–Crippen LogP) is 5.11. The molecule has 33 heavy (non-hydrogen) atoms. The smallest absolute Gasteiger partial charge is 0.255 e. The number of para-hydroxylation sites is 3. The Bertz CT molecular complexity index is 1510. The highest BCUT2D eigenvalue weighted by molar-refractivity contribution is 7.91. The third kappa shape index (κ3) is 3.68. The lowest BCUT2D eigenvalue weighted by Gasteiger charge is -2.19. The second kappa shape index (κ2) is 8.03. The number of nitrogens with one attached hydrogen (secondary N) is 1. The molecule has 162 valence electrons. The van der Waals surface area contributed by atoms with E-state index in [1.807, 2.05) is 18.2 Å². The maximum Gasteiger partial charge on any atom is 0.255 e. The fourth-order valence-corrected chi connectivity index (χ4v) is 5.37. The highest BCUT2D eigenvalue weighted by atomic mass is 32.2. The van der Waals surface area contributed by atoms with E-state index in [0.29, 0.717) is 17.2 Å². The number of fused-ring (bicyclic) bond motifs is 2. The lowest BCUT2D eigenvalue weighted by atomic mass is 10.0.